The summed E-state index contributed by atoms with van der Waals surface area (Å²) >= 11 is 6.50. The molecule has 1 heterocycles. The Kier molecular flexibility index (Phi) is 8.79. The zero-order chi connectivity index (χ0) is 13.8. The molecular formula is C12H21N2NaO2S2. The molecule has 0 spiro atoms. The Morgan fingerprint density at radius 3 is 2.26 bits per heavy atom. The Morgan fingerprint density at radius 1 is 1.32 bits per heavy atom. The van der Waals surface area contributed by atoms with Crippen LogP contribution in [0, 0.1) is 11.3 Å². The van der Waals surface area contributed by atoms with Gasteiger partial charge in [0.15, 0.2) is 5.11 Å². The van der Waals surface area contributed by atoms with Crippen LogP contribution in [-0.2, 0) is 9.59 Å². The van der Waals surface area contributed by atoms with Gasteiger partial charge in [-0.05, 0) is 43.0 Å². The second-order valence-electron chi connectivity index (χ2n) is 4.64. The third-order valence-corrected chi connectivity index (χ3v) is 4.34. The van der Waals surface area contributed by atoms with Crippen molar-refractivity contribution >= 4 is 70.5 Å². The molecule has 1 unspecified atom stereocenters. The van der Waals surface area contributed by atoms with Crippen molar-refractivity contribution in [2.24, 2.45) is 11.3 Å². The molecule has 4 nitrogen and oxygen atoms in total. The van der Waals surface area contributed by atoms with Crippen LogP contribution in [-0.4, -0.2) is 58.5 Å². The van der Waals surface area contributed by atoms with E-state index in [2.05, 4.69) is 17.6 Å². The van der Waals surface area contributed by atoms with Crippen LogP contribution in [0.1, 0.15) is 33.1 Å². The first-order valence-corrected chi connectivity index (χ1v) is 7.95. The van der Waals surface area contributed by atoms with E-state index >= 15 is 0 Å². The fourth-order valence-corrected chi connectivity index (χ4v) is 3.14. The van der Waals surface area contributed by atoms with Crippen molar-refractivity contribution < 1.29 is 9.59 Å². The van der Waals surface area contributed by atoms with Crippen molar-refractivity contribution in [3.05, 3.63) is 0 Å². The molecular weight excluding hydrogens is 291 g/mol. The van der Waals surface area contributed by atoms with Crippen LogP contribution in [0.4, 0.5) is 0 Å². The topological polar surface area (TPSA) is 58.2 Å². The van der Waals surface area contributed by atoms with Crippen LogP contribution in [0.25, 0.3) is 0 Å². The summed E-state index contributed by atoms with van der Waals surface area (Å²) in [5.74, 6) is 0.303. The number of thiocarbonyl (C=S) groups is 1. The van der Waals surface area contributed by atoms with Crippen molar-refractivity contribution in [2.75, 3.05) is 12.0 Å². The maximum absolute atomic E-state index is 12.3. The summed E-state index contributed by atoms with van der Waals surface area (Å²) in [6.07, 6.45) is 4.33. The quantitative estimate of drug-likeness (QED) is 0.437. The number of nitrogens with one attached hydrogen (secondary N) is 2. The van der Waals surface area contributed by atoms with E-state index in [1.54, 1.807) is 11.8 Å². The number of carbonyl (C=O) groups is 2. The van der Waals surface area contributed by atoms with E-state index in [-0.39, 0.29) is 52.4 Å². The fraction of sp³-hybridized carbons (Fsp3) is 0.750. The van der Waals surface area contributed by atoms with Crippen molar-refractivity contribution in [1.82, 2.24) is 10.6 Å². The van der Waals surface area contributed by atoms with Gasteiger partial charge in [0.1, 0.15) is 5.41 Å². The van der Waals surface area contributed by atoms with Gasteiger partial charge in [0.05, 0.1) is 0 Å². The van der Waals surface area contributed by atoms with E-state index < -0.39 is 5.41 Å². The summed E-state index contributed by atoms with van der Waals surface area (Å²) in [6.45, 7) is 4.03. The van der Waals surface area contributed by atoms with Gasteiger partial charge >= 0.3 is 29.6 Å². The standard InChI is InChI=1S/C12H20N2O2S2.Na.H/c1-4-5-8(2)12(6-7-18-3)9(15)13-11(17)14-10(12)16;;/h8H,4-7H2,1-3H3,(H2,13,14,15,16,17);;. The molecule has 2 amide bonds. The zero-order valence-electron chi connectivity index (χ0n) is 11.0. The second kappa shape index (κ2) is 8.62. The van der Waals surface area contributed by atoms with Crippen molar-refractivity contribution in [3.8, 4) is 0 Å². The average Bonchev–Trinajstić information content (AvgIpc) is 2.28. The Balaban J connectivity index is 0.00000324. The molecule has 2 N–H and O–H groups in total. The predicted octanol–water partition coefficient (Wildman–Crippen LogP) is 1.04. The van der Waals surface area contributed by atoms with E-state index in [9.17, 15) is 9.59 Å². The zero-order valence-corrected chi connectivity index (χ0v) is 12.7. The molecule has 1 fully saturated rings. The van der Waals surface area contributed by atoms with Gasteiger partial charge in [-0.25, -0.2) is 0 Å². The van der Waals surface area contributed by atoms with Crippen LogP contribution in [0.15, 0.2) is 0 Å². The molecule has 0 aromatic heterocycles. The first-order chi connectivity index (χ1) is 8.48. The molecule has 1 atom stereocenters. The summed E-state index contributed by atoms with van der Waals surface area (Å²) in [6, 6.07) is 0. The Bertz CT molecular complexity index is 344. The summed E-state index contributed by atoms with van der Waals surface area (Å²) in [7, 11) is 0. The molecule has 7 heteroatoms. The van der Waals surface area contributed by atoms with Gasteiger partial charge < -0.3 is 10.6 Å². The van der Waals surface area contributed by atoms with Crippen LogP contribution in [0.3, 0.4) is 0 Å². The molecule has 1 aliphatic heterocycles. The Morgan fingerprint density at radius 2 is 1.84 bits per heavy atom. The van der Waals surface area contributed by atoms with Gasteiger partial charge in [-0.1, -0.05) is 20.3 Å². The molecule has 0 aliphatic carbocycles. The number of rotatable bonds is 6. The Hall–Kier alpha value is 0.380. The van der Waals surface area contributed by atoms with Crippen LogP contribution < -0.4 is 10.6 Å². The van der Waals surface area contributed by atoms with Crippen LogP contribution in [0.5, 0.6) is 0 Å². The minimum atomic E-state index is -0.971. The van der Waals surface area contributed by atoms with E-state index in [4.69, 9.17) is 12.2 Å². The van der Waals surface area contributed by atoms with E-state index in [0.717, 1.165) is 18.6 Å². The van der Waals surface area contributed by atoms with Gasteiger partial charge in [-0.3, -0.25) is 9.59 Å². The molecule has 104 valence electrons. The molecule has 0 saturated carbocycles. The molecule has 0 aromatic rings. The normalized spacial score (nSPS) is 19.2. The number of hydrogen-bond acceptors (Lipinski definition) is 4. The minimum absolute atomic E-state index is 0. The van der Waals surface area contributed by atoms with Crippen LogP contribution in [0.2, 0.25) is 0 Å². The van der Waals surface area contributed by atoms with Crippen molar-refractivity contribution in [2.45, 2.75) is 33.1 Å². The number of carbonyl (C=O) groups excluding carboxylic acids is 2. The first-order valence-electron chi connectivity index (χ1n) is 6.14. The van der Waals surface area contributed by atoms with Gasteiger partial charge in [-0.15, -0.1) is 0 Å². The van der Waals surface area contributed by atoms with Gasteiger partial charge in [0.2, 0.25) is 11.8 Å². The fourth-order valence-electron chi connectivity index (χ4n) is 2.43. The number of amides is 2. The van der Waals surface area contributed by atoms with Crippen molar-refractivity contribution in [3.63, 3.8) is 0 Å². The average molecular weight is 312 g/mol. The van der Waals surface area contributed by atoms with Crippen molar-refractivity contribution in [1.29, 1.82) is 0 Å². The van der Waals surface area contributed by atoms with E-state index in [1.807, 2.05) is 13.2 Å². The summed E-state index contributed by atoms with van der Waals surface area (Å²) in [4.78, 5) is 24.6. The Labute approximate surface area is 146 Å². The molecule has 0 aromatic carbocycles. The van der Waals surface area contributed by atoms with Crippen LogP contribution >= 0.6 is 24.0 Å². The molecule has 1 aliphatic rings. The SMILES string of the molecule is CCCC(C)C1(CCSC)C(=O)NC(=S)NC1=O.[NaH]. The molecule has 0 radical (unpaired) electrons. The van der Waals surface area contributed by atoms with Gasteiger partial charge in [0.25, 0.3) is 0 Å². The van der Waals surface area contributed by atoms with Gasteiger partial charge in [0, 0.05) is 0 Å². The maximum atomic E-state index is 12.3. The summed E-state index contributed by atoms with van der Waals surface area (Å²) < 4.78 is 0. The molecule has 19 heavy (non-hydrogen) atoms. The second-order valence-corrected chi connectivity index (χ2v) is 6.04. The summed E-state index contributed by atoms with van der Waals surface area (Å²) in [5, 5.41) is 5.32. The number of hydrogen-bond donors (Lipinski definition) is 2. The van der Waals surface area contributed by atoms with E-state index in [0.29, 0.717) is 6.42 Å². The molecule has 1 saturated heterocycles. The van der Waals surface area contributed by atoms with E-state index in [1.165, 1.54) is 0 Å². The monoisotopic (exact) mass is 312 g/mol. The van der Waals surface area contributed by atoms with Gasteiger partial charge in [-0.2, -0.15) is 11.8 Å². The molecule has 0 bridgehead atoms. The number of thioether (sulfide) groups is 1. The first kappa shape index (κ1) is 19.4. The predicted molar refractivity (Wildman–Crippen MR) is 85.5 cm³/mol. The third-order valence-electron chi connectivity index (χ3n) is 3.53. The third kappa shape index (κ3) is 4.17. The summed E-state index contributed by atoms with van der Waals surface area (Å²) in [5.41, 5.74) is -0.971. The molecule has 1 rings (SSSR count).